The summed E-state index contributed by atoms with van der Waals surface area (Å²) in [5.74, 6) is -0.381. The first-order valence-corrected chi connectivity index (χ1v) is 5.53. The van der Waals surface area contributed by atoms with Crippen molar-refractivity contribution in [1.29, 1.82) is 0 Å². The van der Waals surface area contributed by atoms with Crippen LogP contribution in [0.25, 0.3) is 11.1 Å². The number of rotatable bonds is 2. The fourth-order valence-electron chi connectivity index (χ4n) is 1.41. The number of nitrogens with zero attached hydrogens (tertiary/aromatic N) is 1. The van der Waals surface area contributed by atoms with Gasteiger partial charge in [0, 0.05) is 11.6 Å². The summed E-state index contributed by atoms with van der Waals surface area (Å²) in [7, 11) is 1.43. The van der Waals surface area contributed by atoms with E-state index in [9.17, 15) is 4.39 Å². The minimum Gasteiger partial charge on any atom is -0.481 e. The molecule has 5 heteroatoms. The summed E-state index contributed by atoms with van der Waals surface area (Å²) in [5, 5.41) is 0.802. The van der Waals surface area contributed by atoms with Gasteiger partial charge in [0.2, 0.25) is 11.8 Å². The van der Waals surface area contributed by atoms with E-state index in [0.29, 0.717) is 21.2 Å². The van der Waals surface area contributed by atoms with Gasteiger partial charge in [-0.2, -0.15) is 9.37 Å². The van der Waals surface area contributed by atoms with Gasteiger partial charge in [0.25, 0.3) is 0 Å². The molecular weight excluding hydrogens is 264 g/mol. The third-order valence-corrected chi connectivity index (χ3v) is 3.00. The molecule has 2 aromatic rings. The molecule has 0 aliphatic carbocycles. The summed E-state index contributed by atoms with van der Waals surface area (Å²) in [6.45, 7) is 0. The van der Waals surface area contributed by atoms with Gasteiger partial charge in [-0.1, -0.05) is 29.3 Å². The number of ether oxygens (including phenoxy) is 1. The van der Waals surface area contributed by atoms with Crippen LogP contribution in [0.15, 0.2) is 30.3 Å². The number of methoxy groups -OCH3 is 1. The van der Waals surface area contributed by atoms with Crippen LogP contribution < -0.4 is 4.74 Å². The molecule has 1 heterocycles. The van der Waals surface area contributed by atoms with E-state index < -0.39 is 5.95 Å². The first kappa shape index (κ1) is 12.1. The molecular formula is C12H8Cl2FNO. The number of hydrogen-bond donors (Lipinski definition) is 0. The third kappa shape index (κ3) is 2.51. The molecule has 88 valence electrons. The normalized spacial score (nSPS) is 10.4. The lowest BCUT2D eigenvalue weighted by atomic mass is 10.1. The molecule has 17 heavy (non-hydrogen) atoms. The molecule has 1 aromatic heterocycles. The van der Waals surface area contributed by atoms with E-state index in [2.05, 4.69) is 4.98 Å². The molecule has 0 aliphatic rings. The van der Waals surface area contributed by atoms with Crippen molar-refractivity contribution >= 4 is 23.2 Å². The SMILES string of the molecule is COc1ccc(-c2ccc(Cl)c(Cl)c2)c(F)n1. The molecule has 2 nitrogen and oxygen atoms in total. The summed E-state index contributed by atoms with van der Waals surface area (Å²) >= 11 is 11.7. The lowest BCUT2D eigenvalue weighted by Crippen LogP contribution is -1.93. The quantitative estimate of drug-likeness (QED) is 0.764. The second-order valence-corrected chi connectivity index (χ2v) is 4.14. The Kier molecular flexibility index (Phi) is 3.50. The molecule has 1 aromatic carbocycles. The van der Waals surface area contributed by atoms with Crippen molar-refractivity contribution in [3.8, 4) is 17.0 Å². The van der Waals surface area contributed by atoms with Gasteiger partial charge in [-0.25, -0.2) is 0 Å². The van der Waals surface area contributed by atoms with Crippen LogP contribution in [0.4, 0.5) is 4.39 Å². The first-order valence-electron chi connectivity index (χ1n) is 4.78. The van der Waals surface area contributed by atoms with Crippen molar-refractivity contribution in [2.24, 2.45) is 0 Å². The van der Waals surface area contributed by atoms with Crippen LogP contribution in [-0.2, 0) is 0 Å². The van der Waals surface area contributed by atoms with Crippen LogP contribution in [0.1, 0.15) is 0 Å². The second kappa shape index (κ2) is 4.90. The summed E-state index contributed by atoms with van der Waals surface area (Å²) in [6, 6.07) is 8.06. The average molecular weight is 272 g/mol. The Morgan fingerprint density at radius 2 is 1.88 bits per heavy atom. The molecule has 0 bridgehead atoms. The topological polar surface area (TPSA) is 22.1 Å². The minimum absolute atomic E-state index is 0.228. The van der Waals surface area contributed by atoms with Crippen LogP contribution in [-0.4, -0.2) is 12.1 Å². The van der Waals surface area contributed by atoms with Crippen molar-refractivity contribution in [2.45, 2.75) is 0 Å². The molecule has 0 atom stereocenters. The van der Waals surface area contributed by atoms with Gasteiger partial charge in [0.1, 0.15) is 0 Å². The van der Waals surface area contributed by atoms with Crippen LogP contribution in [0.5, 0.6) is 5.88 Å². The molecule has 0 aliphatic heterocycles. The fraction of sp³-hybridized carbons (Fsp3) is 0.0833. The number of aromatic nitrogens is 1. The Bertz CT molecular complexity index is 560. The van der Waals surface area contributed by atoms with Crippen molar-refractivity contribution in [2.75, 3.05) is 7.11 Å². The third-order valence-electron chi connectivity index (χ3n) is 2.26. The molecule has 0 N–H and O–H groups in total. The zero-order valence-electron chi connectivity index (χ0n) is 8.88. The van der Waals surface area contributed by atoms with E-state index >= 15 is 0 Å². The Morgan fingerprint density at radius 3 is 2.47 bits per heavy atom. The molecule has 0 unspecified atom stereocenters. The summed E-state index contributed by atoms with van der Waals surface area (Å²) in [4.78, 5) is 3.66. The lowest BCUT2D eigenvalue weighted by molar-refractivity contribution is 0.388. The predicted molar refractivity (Wildman–Crippen MR) is 66.2 cm³/mol. The largest absolute Gasteiger partial charge is 0.481 e. The van der Waals surface area contributed by atoms with Gasteiger partial charge < -0.3 is 4.74 Å². The summed E-state index contributed by atoms with van der Waals surface area (Å²) < 4.78 is 18.5. The zero-order chi connectivity index (χ0) is 12.4. The van der Waals surface area contributed by atoms with E-state index in [4.69, 9.17) is 27.9 Å². The average Bonchev–Trinajstić information content (AvgIpc) is 2.32. The molecule has 2 rings (SSSR count). The van der Waals surface area contributed by atoms with E-state index in [0.717, 1.165) is 0 Å². The maximum Gasteiger partial charge on any atom is 0.224 e. The molecule has 0 fully saturated rings. The Morgan fingerprint density at radius 1 is 1.12 bits per heavy atom. The fourth-order valence-corrected chi connectivity index (χ4v) is 1.71. The second-order valence-electron chi connectivity index (χ2n) is 3.32. The van der Waals surface area contributed by atoms with Crippen LogP contribution in [0, 0.1) is 5.95 Å². The summed E-state index contributed by atoms with van der Waals surface area (Å²) in [6.07, 6.45) is 0. The van der Waals surface area contributed by atoms with E-state index in [1.807, 2.05) is 0 Å². The van der Waals surface area contributed by atoms with Gasteiger partial charge in [0.15, 0.2) is 0 Å². The highest BCUT2D eigenvalue weighted by atomic mass is 35.5. The monoisotopic (exact) mass is 271 g/mol. The highest BCUT2D eigenvalue weighted by Gasteiger charge is 2.09. The molecule has 0 radical (unpaired) electrons. The van der Waals surface area contributed by atoms with Crippen molar-refractivity contribution in [3.05, 3.63) is 46.3 Å². The highest BCUT2D eigenvalue weighted by Crippen LogP contribution is 2.30. The number of hydrogen-bond acceptors (Lipinski definition) is 2. The highest BCUT2D eigenvalue weighted by molar-refractivity contribution is 6.42. The molecule has 0 saturated carbocycles. The minimum atomic E-state index is -0.609. The van der Waals surface area contributed by atoms with Crippen LogP contribution in [0.2, 0.25) is 10.0 Å². The van der Waals surface area contributed by atoms with Crippen molar-refractivity contribution in [3.63, 3.8) is 0 Å². The molecule has 0 amide bonds. The maximum atomic E-state index is 13.7. The van der Waals surface area contributed by atoms with Gasteiger partial charge in [0.05, 0.1) is 17.2 Å². The maximum absolute atomic E-state index is 13.7. The first-order chi connectivity index (χ1) is 8.11. The lowest BCUT2D eigenvalue weighted by Gasteiger charge is -2.06. The number of pyridine rings is 1. The Balaban J connectivity index is 2.49. The van der Waals surface area contributed by atoms with Gasteiger partial charge >= 0.3 is 0 Å². The van der Waals surface area contributed by atoms with E-state index in [-0.39, 0.29) is 5.88 Å². The van der Waals surface area contributed by atoms with Crippen LogP contribution in [0.3, 0.4) is 0 Å². The van der Waals surface area contributed by atoms with E-state index in [1.165, 1.54) is 7.11 Å². The smallest absolute Gasteiger partial charge is 0.224 e. The van der Waals surface area contributed by atoms with E-state index in [1.54, 1.807) is 30.3 Å². The number of benzene rings is 1. The molecule has 0 spiro atoms. The Labute approximate surface area is 108 Å². The Hall–Kier alpha value is -1.32. The predicted octanol–water partition coefficient (Wildman–Crippen LogP) is 4.20. The zero-order valence-corrected chi connectivity index (χ0v) is 10.4. The summed E-state index contributed by atoms with van der Waals surface area (Å²) in [5.41, 5.74) is 0.969. The standard InChI is InChI=1S/C12H8Cl2FNO/c1-17-11-5-3-8(12(15)16-11)7-2-4-9(13)10(14)6-7/h2-6H,1H3. The van der Waals surface area contributed by atoms with Gasteiger partial charge in [-0.05, 0) is 23.8 Å². The van der Waals surface area contributed by atoms with Gasteiger partial charge in [-0.15, -0.1) is 0 Å². The van der Waals surface area contributed by atoms with Gasteiger partial charge in [-0.3, -0.25) is 0 Å². The molecule has 0 saturated heterocycles. The van der Waals surface area contributed by atoms with Crippen molar-refractivity contribution < 1.29 is 9.13 Å². The van der Waals surface area contributed by atoms with Crippen molar-refractivity contribution in [1.82, 2.24) is 4.98 Å². The van der Waals surface area contributed by atoms with Crippen LogP contribution >= 0.6 is 23.2 Å². The number of halogens is 3.